The molecular weight excluding hydrogens is 705 g/mol. The topological polar surface area (TPSA) is 135 Å². The van der Waals surface area contributed by atoms with Crippen LogP contribution in [-0.4, -0.2) is 50.1 Å². The first-order chi connectivity index (χ1) is 21.8. The lowest BCUT2D eigenvalue weighted by Crippen LogP contribution is -2.36. The molecule has 0 saturated carbocycles. The molecule has 0 aliphatic rings. The Morgan fingerprint density at radius 1 is 0.609 bits per heavy atom. The van der Waals surface area contributed by atoms with Crippen molar-refractivity contribution in [3.8, 4) is 21.1 Å². The van der Waals surface area contributed by atoms with Crippen molar-refractivity contribution >= 4 is 71.2 Å². The molecule has 0 saturated heterocycles. The summed E-state index contributed by atoms with van der Waals surface area (Å²) in [6.07, 6.45) is 8.56. The maximum absolute atomic E-state index is 5.04. The van der Waals surface area contributed by atoms with E-state index in [1.807, 2.05) is 36.0 Å². The summed E-state index contributed by atoms with van der Waals surface area (Å²) >= 11 is 7.84. The maximum Gasteiger partial charge on any atom is 0.235 e. The summed E-state index contributed by atoms with van der Waals surface area (Å²) in [6.45, 7) is 16.5. The molecule has 0 unspecified atom stereocenters. The van der Waals surface area contributed by atoms with Crippen LogP contribution in [0.15, 0.2) is 47.0 Å². The number of anilines is 4. The van der Waals surface area contributed by atoms with Gasteiger partial charge in [0.15, 0.2) is 9.73 Å². The highest BCUT2D eigenvalue weighted by Gasteiger charge is 2.32. The number of hydrogen-bond donors (Lipinski definition) is 0. The number of hydrazine groups is 1. The van der Waals surface area contributed by atoms with Gasteiger partial charge in [0.2, 0.25) is 15.4 Å². The van der Waals surface area contributed by atoms with Crippen molar-refractivity contribution < 1.29 is 0 Å². The van der Waals surface area contributed by atoms with Gasteiger partial charge in [-0.05, 0) is 41.9 Å². The van der Waals surface area contributed by atoms with E-state index in [4.69, 9.17) is 19.9 Å². The minimum absolute atomic E-state index is 0.206. The fourth-order valence-electron chi connectivity index (χ4n) is 4.34. The van der Waals surface area contributed by atoms with E-state index in [0.717, 1.165) is 44.2 Å². The monoisotopic (exact) mass is 734 g/mol. The van der Waals surface area contributed by atoms with Crippen LogP contribution >= 0.6 is 49.9 Å². The molecule has 0 N–H and O–H groups in total. The Labute approximate surface area is 287 Å². The van der Waals surface area contributed by atoms with Gasteiger partial charge < -0.3 is 0 Å². The third-order valence-corrected chi connectivity index (χ3v) is 10.2. The molecule has 46 heavy (non-hydrogen) atoms. The Morgan fingerprint density at radius 3 is 1.61 bits per heavy atom. The molecule has 0 atom stereocenters. The molecule has 16 heteroatoms. The highest BCUT2D eigenvalue weighted by molar-refractivity contribution is 9.11. The first-order valence-corrected chi connectivity index (χ1v) is 17.5. The third kappa shape index (κ3) is 6.52. The van der Waals surface area contributed by atoms with Gasteiger partial charge in [-0.15, -0.1) is 10.2 Å². The van der Waals surface area contributed by atoms with Crippen molar-refractivity contribution in [3.05, 3.63) is 70.1 Å². The first kappa shape index (κ1) is 32.1. The van der Waals surface area contributed by atoms with Crippen molar-refractivity contribution in [3.63, 3.8) is 0 Å². The average Bonchev–Trinajstić information content (AvgIpc) is 3.73. The number of hydrogen-bond acceptors (Lipinski definition) is 15. The number of halogens is 1. The van der Waals surface area contributed by atoms with Crippen molar-refractivity contribution in [2.24, 2.45) is 0 Å². The summed E-state index contributed by atoms with van der Waals surface area (Å²) in [7, 11) is 0. The Kier molecular flexibility index (Phi) is 8.65. The average molecular weight is 736 g/mol. The van der Waals surface area contributed by atoms with Gasteiger partial charge in [0.25, 0.3) is 0 Å². The second-order valence-electron chi connectivity index (χ2n) is 12.4. The zero-order chi connectivity index (χ0) is 32.8. The van der Waals surface area contributed by atoms with Crippen LogP contribution in [0.2, 0.25) is 0 Å². The van der Waals surface area contributed by atoms with E-state index in [1.54, 1.807) is 31.0 Å². The van der Waals surface area contributed by atoms with Crippen LogP contribution in [-0.2, 0) is 10.8 Å². The van der Waals surface area contributed by atoms with Crippen molar-refractivity contribution in [2.45, 2.75) is 66.2 Å². The Hall–Kier alpha value is -3.86. The van der Waals surface area contributed by atoms with E-state index < -0.39 is 0 Å². The van der Waals surface area contributed by atoms with E-state index in [1.165, 1.54) is 34.0 Å². The van der Waals surface area contributed by atoms with Crippen molar-refractivity contribution in [2.75, 3.05) is 10.0 Å². The highest BCUT2D eigenvalue weighted by Crippen LogP contribution is 2.45. The summed E-state index contributed by atoms with van der Waals surface area (Å²) in [6, 6.07) is 3.83. The van der Waals surface area contributed by atoms with Gasteiger partial charge >= 0.3 is 0 Å². The van der Waals surface area contributed by atoms with Crippen LogP contribution in [0, 0.1) is 13.8 Å². The second-order valence-corrected chi connectivity index (χ2v) is 16.6. The van der Waals surface area contributed by atoms with Gasteiger partial charge in [0, 0.05) is 35.6 Å². The maximum atomic E-state index is 5.04. The largest absolute Gasteiger partial charge is 0.259 e. The Morgan fingerprint density at radius 2 is 1.15 bits per heavy atom. The summed E-state index contributed by atoms with van der Waals surface area (Å²) in [5, 5.41) is 14.3. The second kappa shape index (κ2) is 12.4. The SMILES string of the molecule is Cc1nc(N(c2cnccn2)N(c2nnc(Br)s2)c2nc(C)c(-c3ccnc(C(C)(C)C)n3)s2)sc1-c1ccnc(C(C)(C)C)n1. The number of aromatic nitrogens is 10. The summed E-state index contributed by atoms with van der Waals surface area (Å²) in [4.78, 5) is 39.8. The van der Waals surface area contributed by atoms with Gasteiger partial charge in [-0.3, -0.25) is 4.98 Å². The fraction of sp³-hybridized carbons (Fsp3) is 0.333. The molecule has 0 bridgehead atoms. The quantitative estimate of drug-likeness (QED) is 0.147. The molecule has 0 fully saturated rings. The molecule has 6 aromatic rings. The smallest absolute Gasteiger partial charge is 0.235 e. The number of thiazole rings is 2. The highest BCUT2D eigenvalue weighted by atomic mass is 79.9. The zero-order valence-electron chi connectivity index (χ0n) is 26.5. The minimum Gasteiger partial charge on any atom is -0.259 e. The van der Waals surface area contributed by atoms with Crippen LogP contribution in [0.25, 0.3) is 21.1 Å². The van der Waals surface area contributed by atoms with Crippen LogP contribution < -0.4 is 10.0 Å². The molecule has 0 radical (unpaired) electrons. The number of rotatable bonds is 7. The molecule has 0 spiro atoms. The molecule has 0 aliphatic carbocycles. The van der Waals surface area contributed by atoms with Gasteiger partial charge in [0.1, 0.15) is 11.6 Å². The predicted molar refractivity (Wildman–Crippen MR) is 187 cm³/mol. The van der Waals surface area contributed by atoms with Crippen molar-refractivity contribution in [1.29, 1.82) is 0 Å². The third-order valence-electron chi connectivity index (χ3n) is 6.59. The lowest BCUT2D eigenvalue weighted by Gasteiger charge is -2.30. The zero-order valence-corrected chi connectivity index (χ0v) is 30.5. The molecule has 6 heterocycles. The molecule has 0 amide bonds. The summed E-state index contributed by atoms with van der Waals surface area (Å²) < 4.78 is 0.623. The Bertz CT molecular complexity index is 1990. The standard InChI is InChI=1S/C30H31BrN12S3/c1-16-21(18-9-11-34-23(38-18)29(3,4)5)44-26(36-16)42(20-15-32-13-14-33-20)43(28-41-40-25(31)46-28)27-37-17(2)22(45-27)19-10-12-35-24(39-19)30(6,7)8/h9-15H,1-8H3. The molecule has 12 nitrogen and oxygen atoms in total. The van der Waals surface area contributed by atoms with E-state index in [9.17, 15) is 0 Å². The van der Waals surface area contributed by atoms with Crippen LogP contribution in [0.1, 0.15) is 64.6 Å². The summed E-state index contributed by atoms with van der Waals surface area (Å²) in [5.74, 6) is 2.05. The minimum atomic E-state index is -0.206. The number of aryl methyl sites for hydroxylation is 2. The van der Waals surface area contributed by atoms with Gasteiger partial charge in [0.05, 0.1) is 38.7 Å². The van der Waals surface area contributed by atoms with E-state index in [2.05, 4.69) is 87.6 Å². The predicted octanol–water partition coefficient (Wildman–Crippen LogP) is 8.02. The normalized spacial score (nSPS) is 12.0. The molecular formula is C30H31BrN12S3. The first-order valence-electron chi connectivity index (χ1n) is 14.3. The van der Waals surface area contributed by atoms with Crippen molar-refractivity contribution in [1.82, 2.24) is 50.1 Å². The van der Waals surface area contributed by atoms with E-state index in [-0.39, 0.29) is 10.8 Å². The van der Waals surface area contributed by atoms with E-state index >= 15 is 0 Å². The molecule has 0 aliphatic heterocycles. The molecule has 236 valence electrons. The van der Waals surface area contributed by atoms with Gasteiger partial charge in [-0.1, -0.05) is 75.6 Å². The molecule has 6 aromatic heterocycles. The lowest BCUT2D eigenvalue weighted by atomic mass is 9.95. The lowest BCUT2D eigenvalue weighted by molar-refractivity contribution is 0.546. The van der Waals surface area contributed by atoms with Crippen LogP contribution in [0.4, 0.5) is 21.2 Å². The van der Waals surface area contributed by atoms with Gasteiger partial charge in [-0.25, -0.2) is 34.9 Å². The molecule has 6 rings (SSSR count). The van der Waals surface area contributed by atoms with Crippen LogP contribution in [0.5, 0.6) is 0 Å². The summed E-state index contributed by atoms with van der Waals surface area (Å²) in [5.41, 5.74) is 2.83. The molecule has 0 aromatic carbocycles. The van der Waals surface area contributed by atoms with E-state index in [0.29, 0.717) is 25.1 Å². The fourth-order valence-corrected chi connectivity index (χ4v) is 7.55. The van der Waals surface area contributed by atoms with Gasteiger partial charge in [-0.2, -0.15) is 10.0 Å². The van der Waals surface area contributed by atoms with Crippen LogP contribution in [0.3, 0.4) is 0 Å². The number of nitrogens with zero attached hydrogens (tertiary/aromatic N) is 12. The Balaban J connectivity index is 1.52.